The Morgan fingerprint density at radius 2 is 2.00 bits per heavy atom. The predicted molar refractivity (Wildman–Crippen MR) is 88.9 cm³/mol. The second kappa shape index (κ2) is 6.52. The van der Waals surface area contributed by atoms with Gasteiger partial charge in [0.25, 0.3) is 0 Å². The van der Waals surface area contributed by atoms with Crippen molar-refractivity contribution < 1.29 is 14.3 Å². The summed E-state index contributed by atoms with van der Waals surface area (Å²) in [5, 5.41) is 5.90. The summed E-state index contributed by atoms with van der Waals surface area (Å²) >= 11 is 0. The highest BCUT2D eigenvalue weighted by molar-refractivity contribution is 6.10. The van der Waals surface area contributed by atoms with E-state index < -0.39 is 6.09 Å². The van der Waals surface area contributed by atoms with Gasteiger partial charge in [0, 0.05) is 13.0 Å². The Morgan fingerprint density at radius 3 is 2.78 bits per heavy atom. The fourth-order valence-corrected chi connectivity index (χ4v) is 2.62. The molecule has 3 rings (SSSR count). The number of nitrogens with one attached hydrogen (secondary N) is 2. The third-order valence-electron chi connectivity index (χ3n) is 3.80. The highest BCUT2D eigenvalue weighted by atomic mass is 16.5. The lowest BCUT2D eigenvalue weighted by molar-refractivity contribution is 0.0984. The van der Waals surface area contributed by atoms with E-state index in [-0.39, 0.29) is 12.4 Å². The molecule has 0 aliphatic carbocycles. The number of hydrogen-bond acceptors (Lipinski definition) is 4. The van der Waals surface area contributed by atoms with Crippen molar-refractivity contribution in [2.75, 3.05) is 17.2 Å². The highest BCUT2D eigenvalue weighted by Crippen LogP contribution is 2.32. The van der Waals surface area contributed by atoms with E-state index in [1.165, 1.54) is 0 Å². The second-order valence-corrected chi connectivity index (χ2v) is 5.47. The fourth-order valence-electron chi connectivity index (χ4n) is 2.62. The first kappa shape index (κ1) is 15.1. The number of carbonyl (C=O) groups excluding carboxylic acids is 2. The van der Waals surface area contributed by atoms with E-state index in [0.717, 1.165) is 16.8 Å². The predicted octanol–water partition coefficient (Wildman–Crippen LogP) is 3.74. The van der Waals surface area contributed by atoms with Crippen LogP contribution in [0.4, 0.5) is 16.2 Å². The molecule has 2 aromatic carbocycles. The first-order valence-electron chi connectivity index (χ1n) is 7.53. The summed E-state index contributed by atoms with van der Waals surface area (Å²) in [5.41, 5.74) is 3.71. The summed E-state index contributed by atoms with van der Waals surface area (Å²) < 4.78 is 5.21. The maximum atomic E-state index is 12.2. The Labute approximate surface area is 134 Å². The fraction of sp³-hybridized carbons (Fsp3) is 0.222. The molecule has 0 atom stereocenters. The molecule has 118 valence electrons. The highest BCUT2D eigenvalue weighted by Gasteiger charge is 2.23. The van der Waals surface area contributed by atoms with Crippen molar-refractivity contribution in [3.05, 3.63) is 59.2 Å². The van der Waals surface area contributed by atoms with Crippen molar-refractivity contribution in [1.82, 2.24) is 0 Å². The van der Waals surface area contributed by atoms with Gasteiger partial charge in [0.1, 0.15) is 6.61 Å². The van der Waals surface area contributed by atoms with E-state index in [9.17, 15) is 9.59 Å². The number of Topliss-reactive ketones (excluding diaryl/α,β-unsaturated/α-hetero) is 1. The van der Waals surface area contributed by atoms with Gasteiger partial charge in [0.05, 0.1) is 16.9 Å². The van der Waals surface area contributed by atoms with Gasteiger partial charge in [0.2, 0.25) is 0 Å². The number of fused-ring (bicyclic) bond motifs is 1. The molecule has 5 nitrogen and oxygen atoms in total. The second-order valence-electron chi connectivity index (χ2n) is 5.47. The van der Waals surface area contributed by atoms with E-state index in [4.69, 9.17) is 4.74 Å². The van der Waals surface area contributed by atoms with Crippen LogP contribution in [0.25, 0.3) is 0 Å². The molecule has 2 aromatic rings. The Hall–Kier alpha value is -2.82. The van der Waals surface area contributed by atoms with Crippen LogP contribution in [-0.4, -0.2) is 18.4 Å². The van der Waals surface area contributed by atoms with Crippen LogP contribution in [-0.2, 0) is 11.3 Å². The van der Waals surface area contributed by atoms with E-state index in [1.807, 2.05) is 43.3 Å². The number of anilines is 2. The lowest BCUT2D eigenvalue weighted by atomic mass is 9.97. The van der Waals surface area contributed by atoms with Crippen molar-refractivity contribution >= 4 is 23.3 Å². The lowest BCUT2D eigenvalue weighted by Crippen LogP contribution is -2.22. The quantitative estimate of drug-likeness (QED) is 0.906. The van der Waals surface area contributed by atoms with Crippen LogP contribution in [0.1, 0.15) is 27.9 Å². The Morgan fingerprint density at radius 1 is 1.22 bits per heavy atom. The van der Waals surface area contributed by atoms with Crippen LogP contribution in [0.5, 0.6) is 0 Å². The minimum absolute atomic E-state index is 0.0285. The average molecular weight is 310 g/mol. The van der Waals surface area contributed by atoms with Gasteiger partial charge in [-0.25, -0.2) is 4.79 Å². The summed E-state index contributed by atoms with van der Waals surface area (Å²) in [6.07, 6.45) is -0.150. The van der Waals surface area contributed by atoms with Gasteiger partial charge in [-0.3, -0.25) is 10.1 Å². The van der Waals surface area contributed by atoms with Crippen LogP contribution in [0.15, 0.2) is 42.5 Å². The molecule has 23 heavy (non-hydrogen) atoms. The average Bonchev–Trinajstić information content (AvgIpc) is 2.57. The number of hydrogen-bond donors (Lipinski definition) is 2. The Bertz CT molecular complexity index is 741. The summed E-state index contributed by atoms with van der Waals surface area (Å²) in [6.45, 7) is 2.74. The molecule has 0 radical (unpaired) electrons. The van der Waals surface area contributed by atoms with Gasteiger partial charge in [-0.05, 0) is 24.1 Å². The third kappa shape index (κ3) is 3.34. The topological polar surface area (TPSA) is 67.4 Å². The molecule has 0 saturated carbocycles. The lowest BCUT2D eigenvalue weighted by Gasteiger charge is -2.22. The van der Waals surface area contributed by atoms with Gasteiger partial charge >= 0.3 is 6.09 Å². The van der Waals surface area contributed by atoms with Crippen molar-refractivity contribution in [3.63, 3.8) is 0 Å². The molecule has 2 N–H and O–H groups in total. The van der Waals surface area contributed by atoms with Gasteiger partial charge in [-0.15, -0.1) is 0 Å². The zero-order valence-corrected chi connectivity index (χ0v) is 12.9. The summed E-state index contributed by atoms with van der Waals surface area (Å²) in [4.78, 5) is 24.2. The van der Waals surface area contributed by atoms with Crippen molar-refractivity contribution in [3.8, 4) is 0 Å². The summed E-state index contributed by atoms with van der Waals surface area (Å²) in [7, 11) is 0. The number of aryl methyl sites for hydroxylation is 1. The molecule has 0 spiro atoms. The van der Waals surface area contributed by atoms with Gasteiger partial charge in [-0.1, -0.05) is 36.4 Å². The van der Waals surface area contributed by atoms with Crippen molar-refractivity contribution in [1.29, 1.82) is 0 Å². The number of benzene rings is 2. The number of ketones is 1. The molecule has 0 unspecified atom stereocenters. The number of carbonyl (C=O) groups is 2. The van der Waals surface area contributed by atoms with Gasteiger partial charge in [-0.2, -0.15) is 0 Å². The van der Waals surface area contributed by atoms with E-state index >= 15 is 0 Å². The van der Waals surface area contributed by atoms with Crippen LogP contribution in [0, 0.1) is 6.92 Å². The van der Waals surface area contributed by atoms with Crippen LogP contribution >= 0.6 is 0 Å². The normalized spacial score (nSPS) is 13.0. The molecule has 0 fully saturated rings. The molecule has 1 aliphatic rings. The van der Waals surface area contributed by atoms with Crippen molar-refractivity contribution in [2.45, 2.75) is 20.0 Å². The summed E-state index contributed by atoms with van der Waals surface area (Å²) in [6, 6.07) is 13.1. The van der Waals surface area contributed by atoms with E-state index in [2.05, 4.69) is 10.6 Å². The molecule has 1 amide bonds. The molecule has 0 saturated heterocycles. The minimum atomic E-state index is -0.571. The molecular formula is C18H18N2O3. The smallest absolute Gasteiger partial charge is 0.411 e. The molecule has 1 heterocycles. The van der Waals surface area contributed by atoms with Crippen LogP contribution < -0.4 is 10.6 Å². The van der Waals surface area contributed by atoms with Crippen LogP contribution in [0.2, 0.25) is 0 Å². The maximum Gasteiger partial charge on any atom is 0.411 e. The number of rotatable bonds is 3. The molecular weight excluding hydrogens is 292 g/mol. The largest absolute Gasteiger partial charge is 0.444 e. The maximum absolute atomic E-state index is 12.2. The summed E-state index contributed by atoms with van der Waals surface area (Å²) in [5.74, 6) is 0.0285. The van der Waals surface area contributed by atoms with E-state index in [0.29, 0.717) is 24.2 Å². The first-order chi connectivity index (χ1) is 11.1. The van der Waals surface area contributed by atoms with Gasteiger partial charge in [0.15, 0.2) is 5.78 Å². The molecule has 1 aliphatic heterocycles. The zero-order valence-electron chi connectivity index (χ0n) is 12.9. The SMILES string of the molecule is Cc1ccc(NC(=O)OCc2ccccc2)c2c1NCCC2=O. The Balaban J connectivity index is 1.73. The minimum Gasteiger partial charge on any atom is -0.444 e. The zero-order chi connectivity index (χ0) is 16.2. The number of ether oxygens (including phenoxy) is 1. The number of amides is 1. The molecule has 5 heteroatoms. The Kier molecular flexibility index (Phi) is 4.28. The monoisotopic (exact) mass is 310 g/mol. The van der Waals surface area contributed by atoms with Gasteiger partial charge < -0.3 is 10.1 Å². The van der Waals surface area contributed by atoms with Crippen molar-refractivity contribution in [2.24, 2.45) is 0 Å². The molecule has 0 aromatic heterocycles. The van der Waals surface area contributed by atoms with Crippen LogP contribution in [0.3, 0.4) is 0 Å². The third-order valence-corrected chi connectivity index (χ3v) is 3.80. The van der Waals surface area contributed by atoms with E-state index in [1.54, 1.807) is 6.07 Å². The molecule has 0 bridgehead atoms. The standard InChI is InChI=1S/C18H18N2O3/c1-12-7-8-14(16-15(21)9-10-19-17(12)16)20-18(22)23-11-13-5-3-2-4-6-13/h2-8,19H,9-11H2,1H3,(H,20,22). The first-order valence-corrected chi connectivity index (χ1v) is 7.53.